The smallest absolute Gasteiger partial charge is 0.229 e. The molecule has 3 aromatic heterocycles. The number of aliphatic hydroxyl groups is 1. The lowest BCUT2D eigenvalue weighted by molar-refractivity contribution is 0.132. The van der Waals surface area contributed by atoms with E-state index in [-0.39, 0.29) is 35.2 Å². The highest BCUT2D eigenvalue weighted by atomic mass is 19.1. The molecule has 0 bridgehead atoms. The first-order valence-electron chi connectivity index (χ1n) is 11.5. The Kier molecular flexibility index (Phi) is 6.62. The van der Waals surface area contributed by atoms with E-state index in [1.54, 1.807) is 6.20 Å². The van der Waals surface area contributed by atoms with Crippen LogP contribution in [0.1, 0.15) is 18.3 Å². The number of hydrogen-bond donors (Lipinski definition) is 3. The maximum atomic E-state index is 14.6. The summed E-state index contributed by atoms with van der Waals surface area (Å²) in [6.45, 7) is 7.96. The molecule has 0 saturated carbocycles. The third-order valence-electron chi connectivity index (χ3n) is 6.14. The maximum Gasteiger partial charge on any atom is 0.229 e. The number of rotatable bonds is 7. The van der Waals surface area contributed by atoms with Gasteiger partial charge < -0.3 is 20.3 Å². The molecular formula is C24H26F2N8O. The fourth-order valence-corrected chi connectivity index (χ4v) is 4.20. The van der Waals surface area contributed by atoms with Crippen molar-refractivity contribution in [2.75, 3.05) is 38.0 Å². The Morgan fingerprint density at radius 2 is 1.80 bits per heavy atom. The van der Waals surface area contributed by atoms with E-state index in [2.05, 4.69) is 47.0 Å². The highest BCUT2D eigenvalue weighted by Gasteiger charge is 2.17. The summed E-state index contributed by atoms with van der Waals surface area (Å²) in [6, 6.07) is 6.52. The highest BCUT2D eigenvalue weighted by Crippen LogP contribution is 2.27. The summed E-state index contributed by atoms with van der Waals surface area (Å²) in [5.74, 6) is -0.459. The number of nitrogens with one attached hydrogen (secondary N) is 2. The molecule has 3 N–H and O–H groups in total. The number of hydrogen-bond acceptors (Lipinski definition) is 8. The molecule has 4 aromatic rings. The monoisotopic (exact) mass is 480 g/mol. The Morgan fingerprint density at radius 3 is 2.51 bits per heavy atom. The predicted octanol–water partition coefficient (Wildman–Crippen LogP) is 3.07. The number of anilines is 2. The lowest BCUT2D eigenvalue weighted by atomic mass is 10.1. The van der Waals surface area contributed by atoms with Crippen LogP contribution in [0.15, 0.2) is 36.7 Å². The zero-order valence-corrected chi connectivity index (χ0v) is 19.3. The lowest BCUT2D eigenvalue weighted by Crippen LogP contribution is -2.45. The van der Waals surface area contributed by atoms with Crippen LogP contribution < -0.4 is 5.32 Å². The van der Waals surface area contributed by atoms with Crippen molar-refractivity contribution in [3.63, 3.8) is 0 Å². The number of nitrogens with zero attached hydrogens (tertiary/aromatic N) is 6. The molecule has 5 rings (SSSR count). The summed E-state index contributed by atoms with van der Waals surface area (Å²) in [4.78, 5) is 24.3. The average molecular weight is 481 g/mol. The fourth-order valence-electron chi connectivity index (χ4n) is 4.20. The second kappa shape index (κ2) is 9.98. The van der Waals surface area contributed by atoms with Gasteiger partial charge in [-0.2, -0.15) is 0 Å². The van der Waals surface area contributed by atoms with Crippen LogP contribution in [0.4, 0.5) is 20.5 Å². The SMILES string of the molecule is CCN1CCN(Cc2ccc(Nc3ncc(F)c(-c4cc(F)c5nc(CO)[nH]c5c4)n3)nc2)CC1. The van der Waals surface area contributed by atoms with Crippen molar-refractivity contribution >= 4 is 22.8 Å². The van der Waals surface area contributed by atoms with Gasteiger partial charge in [-0.05, 0) is 30.3 Å². The first-order valence-corrected chi connectivity index (χ1v) is 11.5. The average Bonchev–Trinajstić information content (AvgIpc) is 3.31. The highest BCUT2D eigenvalue weighted by molar-refractivity contribution is 5.82. The van der Waals surface area contributed by atoms with Crippen molar-refractivity contribution in [3.05, 3.63) is 59.7 Å². The van der Waals surface area contributed by atoms with E-state index in [0.29, 0.717) is 11.3 Å². The minimum Gasteiger partial charge on any atom is -0.388 e. The normalized spacial score (nSPS) is 15.1. The number of aromatic amines is 1. The van der Waals surface area contributed by atoms with Gasteiger partial charge in [-0.3, -0.25) is 4.90 Å². The Labute approximate surface area is 200 Å². The van der Waals surface area contributed by atoms with Crippen LogP contribution in [0.3, 0.4) is 0 Å². The topological polar surface area (TPSA) is 106 Å². The molecule has 1 saturated heterocycles. The molecule has 35 heavy (non-hydrogen) atoms. The number of fused-ring (bicyclic) bond motifs is 1. The van der Waals surface area contributed by atoms with Gasteiger partial charge in [-0.15, -0.1) is 0 Å². The molecule has 0 atom stereocenters. The summed E-state index contributed by atoms with van der Waals surface area (Å²) in [5, 5.41) is 12.2. The number of imidazole rings is 1. The maximum absolute atomic E-state index is 14.6. The number of pyridine rings is 1. The van der Waals surface area contributed by atoms with Gasteiger partial charge in [-0.25, -0.2) is 28.7 Å². The molecule has 0 unspecified atom stereocenters. The molecule has 0 aliphatic carbocycles. The van der Waals surface area contributed by atoms with Crippen molar-refractivity contribution in [1.29, 1.82) is 0 Å². The Hall–Kier alpha value is -3.54. The van der Waals surface area contributed by atoms with Crippen LogP contribution in [0, 0.1) is 11.6 Å². The summed E-state index contributed by atoms with van der Waals surface area (Å²) < 4.78 is 29.1. The van der Waals surface area contributed by atoms with Crippen molar-refractivity contribution < 1.29 is 13.9 Å². The van der Waals surface area contributed by atoms with Crippen LogP contribution in [-0.2, 0) is 13.2 Å². The molecule has 0 spiro atoms. The Bertz CT molecular complexity index is 1320. The number of H-pyrrole nitrogens is 1. The van der Waals surface area contributed by atoms with Gasteiger partial charge in [0.2, 0.25) is 5.95 Å². The van der Waals surface area contributed by atoms with E-state index in [4.69, 9.17) is 0 Å². The van der Waals surface area contributed by atoms with E-state index < -0.39 is 11.6 Å². The van der Waals surface area contributed by atoms with Gasteiger partial charge in [0.15, 0.2) is 11.6 Å². The third-order valence-corrected chi connectivity index (χ3v) is 6.14. The molecule has 11 heteroatoms. The minimum atomic E-state index is -0.692. The summed E-state index contributed by atoms with van der Waals surface area (Å²) in [7, 11) is 0. The van der Waals surface area contributed by atoms with Gasteiger partial charge in [0.05, 0.1) is 11.7 Å². The number of aliphatic hydroxyl groups excluding tert-OH is 1. The first kappa shape index (κ1) is 23.2. The quantitative estimate of drug-likeness (QED) is 0.371. The van der Waals surface area contributed by atoms with E-state index in [1.807, 2.05) is 12.1 Å². The zero-order valence-electron chi connectivity index (χ0n) is 19.3. The van der Waals surface area contributed by atoms with E-state index in [1.165, 1.54) is 6.07 Å². The summed E-state index contributed by atoms with van der Waals surface area (Å²) in [6.07, 6.45) is 2.84. The second-order valence-corrected chi connectivity index (χ2v) is 8.47. The van der Waals surface area contributed by atoms with Gasteiger partial charge in [0, 0.05) is 44.5 Å². The van der Waals surface area contributed by atoms with Gasteiger partial charge >= 0.3 is 0 Å². The van der Waals surface area contributed by atoms with Crippen LogP contribution in [0.25, 0.3) is 22.3 Å². The van der Waals surface area contributed by atoms with E-state index in [9.17, 15) is 13.9 Å². The summed E-state index contributed by atoms with van der Waals surface area (Å²) in [5.41, 5.74) is 1.67. The fraction of sp³-hybridized carbons (Fsp3) is 0.333. The molecule has 9 nitrogen and oxygen atoms in total. The van der Waals surface area contributed by atoms with Crippen LogP contribution in [-0.4, -0.2) is 72.6 Å². The van der Waals surface area contributed by atoms with Gasteiger partial charge in [0.25, 0.3) is 0 Å². The standard InChI is InChI=1S/C24H26F2N8O/c1-2-33-5-7-34(8-6-33)13-15-3-4-20(27-11-15)31-24-28-12-18(26)22(32-24)16-9-17(25)23-19(10-16)29-21(14-35)30-23/h3-4,9-12,35H,2,5-8,13-14H2,1H3,(H,29,30)(H,27,28,31,32). The zero-order chi connectivity index (χ0) is 24.4. The number of aromatic nitrogens is 5. The summed E-state index contributed by atoms with van der Waals surface area (Å²) >= 11 is 0. The second-order valence-electron chi connectivity index (χ2n) is 8.47. The minimum absolute atomic E-state index is 0.0636. The van der Waals surface area contributed by atoms with E-state index in [0.717, 1.165) is 57.1 Å². The molecule has 1 aliphatic heterocycles. The molecule has 182 valence electrons. The van der Waals surface area contributed by atoms with Crippen LogP contribution >= 0.6 is 0 Å². The number of likely N-dealkylation sites (N-methyl/N-ethyl adjacent to an activating group) is 1. The lowest BCUT2D eigenvalue weighted by Gasteiger charge is -2.33. The van der Waals surface area contributed by atoms with E-state index >= 15 is 0 Å². The molecule has 1 aromatic carbocycles. The van der Waals surface area contributed by atoms with Gasteiger partial charge in [0.1, 0.15) is 29.5 Å². The first-order chi connectivity index (χ1) is 17.0. The van der Waals surface area contributed by atoms with Crippen molar-refractivity contribution in [2.24, 2.45) is 0 Å². The largest absolute Gasteiger partial charge is 0.388 e. The van der Waals surface area contributed by atoms with Crippen LogP contribution in [0.5, 0.6) is 0 Å². The third kappa shape index (κ3) is 5.11. The molecule has 0 amide bonds. The Balaban J connectivity index is 1.31. The number of piperazine rings is 1. The Morgan fingerprint density at radius 1 is 1.00 bits per heavy atom. The van der Waals surface area contributed by atoms with Gasteiger partial charge in [-0.1, -0.05) is 13.0 Å². The molecule has 0 radical (unpaired) electrons. The molecule has 1 fully saturated rings. The van der Waals surface area contributed by atoms with Crippen molar-refractivity contribution in [3.8, 4) is 11.3 Å². The van der Waals surface area contributed by atoms with Crippen LogP contribution in [0.2, 0.25) is 0 Å². The van der Waals surface area contributed by atoms with Crippen molar-refractivity contribution in [2.45, 2.75) is 20.1 Å². The molecular weight excluding hydrogens is 454 g/mol. The predicted molar refractivity (Wildman–Crippen MR) is 128 cm³/mol. The number of halogens is 2. The number of benzene rings is 1. The molecule has 4 heterocycles. The molecule has 1 aliphatic rings. The van der Waals surface area contributed by atoms with Crippen molar-refractivity contribution in [1.82, 2.24) is 34.7 Å².